The fourth-order valence-corrected chi connectivity index (χ4v) is 2.82. The van der Waals surface area contributed by atoms with Gasteiger partial charge >= 0.3 is 0 Å². The summed E-state index contributed by atoms with van der Waals surface area (Å²) in [7, 11) is 0. The highest BCUT2D eigenvalue weighted by Gasteiger charge is 2.05. The number of carbonyl (C=O) groups excluding carboxylic acids is 1. The molecule has 1 aromatic carbocycles. The van der Waals surface area contributed by atoms with Crippen molar-refractivity contribution in [3.8, 4) is 0 Å². The second kappa shape index (κ2) is 8.07. The monoisotopic (exact) mass is 350 g/mol. The second-order valence-corrected chi connectivity index (χ2v) is 6.21. The summed E-state index contributed by atoms with van der Waals surface area (Å²) in [6, 6.07) is 12.1. The van der Waals surface area contributed by atoms with E-state index in [1.54, 1.807) is 18.5 Å². The molecule has 0 saturated heterocycles. The molecule has 1 aromatic heterocycles. The Morgan fingerprint density at radius 2 is 2.05 bits per heavy atom. The molecule has 104 valence electrons. The summed E-state index contributed by atoms with van der Waals surface area (Å²) in [5.41, 5.74) is 1.88. The first-order chi connectivity index (χ1) is 9.75. The number of hydrogen-bond acceptors (Lipinski definition) is 3. The zero-order valence-corrected chi connectivity index (χ0v) is 13.3. The van der Waals surface area contributed by atoms with Crippen LogP contribution in [0, 0.1) is 0 Å². The molecule has 1 N–H and O–H groups in total. The maximum atomic E-state index is 11.8. The minimum atomic E-state index is -0.0842. The van der Waals surface area contributed by atoms with Crippen molar-refractivity contribution in [2.24, 2.45) is 0 Å². The number of aromatic nitrogens is 1. The highest BCUT2D eigenvalue weighted by Crippen LogP contribution is 2.11. The normalized spacial score (nSPS) is 10.2. The number of nitrogens with one attached hydrogen (secondary N) is 1. The van der Waals surface area contributed by atoms with Crippen molar-refractivity contribution >= 4 is 33.6 Å². The maximum absolute atomic E-state index is 11.8. The molecular formula is C15H15BrN2OS. The molecule has 0 aliphatic carbocycles. The Hall–Kier alpha value is -1.33. The molecule has 3 nitrogen and oxygen atoms in total. The van der Waals surface area contributed by atoms with Gasteiger partial charge in [-0.3, -0.25) is 9.78 Å². The molecular weight excluding hydrogens is 336 g/mol. The van der Waals surface area contributed by atoms with Crippen LogP contribution in [0.4, 0.5) is 0 Å². The van der Waals surface area contributed by atoms with Gasteiger partial charge in [0.25, 0.3) is 5.91 Å². The van der Waals surface area contributed by atoms with Gasteiger partial charge in [0.15, 0.2) is 0 Å². The molecule has 0 aliphatic rings. The molecule has 2 aromatic rings. The molecule has 0 fully saturated rings. The van der Waals surface area contributed by atoms with E-state index in [1.807, 2.05) is 30.0 Å². The van der Waals surface area contributed by atoms with Gasteiger partial charge in [0.1, 0.15) is 0 Å². The third kappa shape index (κ3) is 4.98. The van der Waals surface area contributed by atoms with E-state index >= 15 is 0 Å². The highest BCUT2D eigenvalue weighted by atomic mass is 79.9. The Morgan fingerprint density at radius 1 is 1.25 bits per heavy atom. The van der Waals surface area contributed by atoms with Crippen molar-refractivity contribution < 1.29 is 4.79 Å². The number of thioether (sulfide) groups is 1. The quantitative estimate of drug-likeness (QED) is 0.810. The first-order valence-electron chi connectivity index (χ1n) is 6.26. The van der Waals surface area contributed by atoms with Gasteiger partial charge in [0.2, 0.25) is 0 Å². The van der Waals surface area contributed by atoms with Gasteiger partial charge in [0.05, 0.1) is 5.56 Å². The average molecular weight is 351 g/mol. The molecule has 0 radical (unpaired) electrons. The Kier molecular flexibility index (Phi) is 6.08. The Labute approximate surface area is 131 Å². The predicted molar refractivity (Wildman–Crippen MR) is 86.9 cm³/mol. The lowest BCUT2D eigenvalue weighted by Gasteiger charge is -2.05. The molecule has 0 atom stereocenters. The van der Waals surface area contributed by atoms with Crippen molar-refractivity contribution in [1.29, 1.82) is 0 Å². The Morgan fingerprint density at radius 3 is 2.80 bits per heavy atom. The van der Waals surface area contributed by atoms with Crippen LogP contribution in [-0.2, 0) is 5.75 Å². The van der Waals surface area contributed by atoms with Gasteiger partial charge in [-0.25, -0.2) is 0 Å². The van der Waals surface area contributed by atoms with E-state index in [-0.39, 0.29) is 5.91 Å². The van der Waals surface area contributed by atoms with Crippen LogP contribution in [-0.4, -0.2) is 23.2 Å². The van der Waals surface area contributed by atoms with Crippen molar-refractivity contribution in [3.63, 3.8) is 0 Å². The zero-order chi connectivity index (χ0) is 14.2. The molecule has 1 heterocycles. The largest absolute Gasteiger partial charge is 0.351 e. The van der Waals surface area contributed by atoms with Crippen molar-refractivity contribution in [1.82, 2.24) is 10.3 Å². The number of benzene rings is 1. The number of pyridine rings is 1. The summed E-state index contributed by atoms with van der Waals surface area (Å²) in [5.74, 6) is 1.77. The predicted octanol–water partition coefficient (Wildman–Crippen LogP) is 3.51. The Balaban J connectivity index is 1.67. The van der Waals surface area contributed by atoms with Crippen LogP contribution in [0.15, 0.2) is 53.3 Å². The Bertz CT molecular complexity index is 563. The lowest BCUT2D eigenvalue weighted by molar-refractivity contribution is 0.0955. The fraction of sp³-hybridized carbons (Fsp3) is 0.200. The summed E-state index contributed by atoms with van der Waals surface area (Å²) in [4.78, 5) is 15.8. The molecule has 5 heteroatoms. The third-order valence-electron chi connectivity index (χ3n) is 2.61. The van der Waals surface area contributed by atoms with E-state index in [2.05, 4.69) is 38.4 Å². The standard InChI is InChI=1S/C15H15BrN2OS/c16-14-8-13(9-17-10-14)15(19)18-6-7-20-11-12-4-2-1-3-5-12/h1-5,8-10H,6-7,11H2,(H,18,19). The van der Waals surface area contributed by atoms with Crippen LogP contribution in [0.2, 0.25) is 0 Å². The van der Waals surface area contributed by atoms with E-state index in [4.69, 9.17) is 0 Å². The second-order valence-electron chi connectivity index (χ2n) is 4.19. The molecule has 2 rings (SSSR count). The number of nitrogens with zero attached hydrogens (tertiary/aromatic N) is 1. The molecule has 1 amide bonds. The average Bonchev–Trinajstić information content (AvgIpc) is 2.48. The van der Waals surface area contributed by atoms with Gasteiger partial charge in [0, 0.05) is 34.9 Å². The SMILES string of the molecule is O=C(NCCSCc1ccccc1)c1cncc(Br)c1. The summed E-state index contributed by atoms with van der Waals surface area (Å²) in [6.07, 6.45) is 3.23. The molecule has 0 spiro atoms. The molecule has 0 bridgehead atoms. The number of rotatable bonds is 6. The van der Waals surface area contributed by atoms with Gasteiger partial charge in [-0.05, 0) is 27.6 Å². The zero-order valence-electron chi connectivity index (χ0n) is 10.9. The van der Waals surface area contributed by atoms with Crippen LogP contribution >= 0.6 is 27.7 Å². The minimum absolute atomic E-state index is 0.0842. The fourth-order valence-electron chi connectivity index (χ4n) is 1.64. The number of carbonyl (C=O) groups is 1. The first-order valence-corrected chi connectivity index (χ1v) is 8.21. The number of amides is 1. The van der Waals surface area contributed by atoms with Gasteiger partial charge in [-0.2, -0.15) is 11.8 Å². The molecule has 0 unspecified atom stereocenters. The topological polar surface area (TPSA) is 42.0 Å². The van der Waals surface area contributed by atoms with E-state index in [0.717, 1.165) is 16.0 Å². The van der Waals surface area contributed by atoms with Crippen molar-refractivity contribution in [2.45, 2.75) is 5.75 Å². The lowest BCUT2D eigenvalue weighted by atomic mass is 10.2. The van der Waals surface area contributed by atoms with Crippen molar-refractivity contribution in [3.05, 3.63) is 64.4 Å². The molecule has 20 heavy (non-hydrogen) atoms. The van der Waals surface area contributed by atoms with Gasteiger partial charge in [-0.1, -0.05) is 30.3 Å². The van der Waals surface area contributed by atoms with Crippen molar-refractivity contribution in [2.75, 3.05) is 12.3 Å². The van der Waals surface area contributed by atoms with Crippen LogP contribution in [0.3, 0.4) is 0 Å². The summed E-state index contributed by atoms with van der Waals surface area (Å²) in [6.45, 7) is 0.656. The molecule has 0 saturated carbocycles. The van der Waals surface area contributed by atoms with Gasteiger partial charge < -0.3 is 5.32 Å². The summed E-state index contributed by atoms with van der Waals surface area (Å²) in [5, 5.41) is 2.89. The molecule has 0 aliphatic heterocycles. The minimum Gasteiger partial charge on any atom is -0.351 e. The van der Waals surface area contributed by atoms with Crippen LogP contribution in [0.1, 0.15) is 15.9 Å². The van der Waals surface area contributed by atoms with E-state index < -0.39 is 0 Å². The van der Waals surface area contributed by atoms with E-state index in [0.29, 0.717) is 12.1 Å². The summed E-state index contributed by atoms with van der Waals surface area (Å²) < 4.78 is 0.809. The van der Waals surface area contributed by atoms with Crippen LogP contribution in [0.25, 0.3) is 0 Å². The van der Waals surface area contributed by atoms with Crippen LogP contribution in [0.5, 0.6) is 0 Å². The first kappa shape index (κ1) is 15.1. The summed E-state index contributed by atoms with van der Waals surface area (Å²) >= 11 is 5.11. The number of halogens is 1. The van der Waals surface area contributed by atoms with Crippen LogP contribution < -0.4 is 5.32 Å². The number of hydrogen-bond donors (Lipinski definition) is 1. The third-order valence-corrected chi connectivity index (χ3v) is 4.07. The smallest absolute Gasteiger partial charge is 0.252 e. The van der Waals surface area contributed by atoms with E-state index in [1.165, 1.54) is 5.56 Å². The van der Waals surface area contributed by atoms with Gasteiger partial charge in [-0.15, -0.1) is 0 Å². The lowest BCUT2D eigenvalue weighted by Crippen LogP contribution is -2.25. The van der Waals surface area contributed by atoms with E-state index in [9.17, 15) is 4.79 Å². The maximum Gasteiger partial charge on any atom is 0.252 e. The highest BCUT2D eigenvalue weighted by molar-refractivity contribution is 9.10.